The van der Waals surface area contributed by atoms with Crippen LogP contribution in [0.4, 0.5) is 5.69 Å². The molecule has 0 atom stereocenters. The van der Waals surface area contributed by atoms with Gasteiger partial charge in [-0.2, -0.15) is 5.10 Å². The van der Waals surface area contributed by atoms with Crippen molar-refractivity contribution in [1.29, 1.82) is 0 Å². The lowest BCUT2D eigenvalue weighted by atomic mass is 10.1. The van der Waals surface area contributed by atoms with Gasteiger partial charge in [-0.05, 0) is 41.4 Å². The summed E-state index contributed by atoms with van der Waals surface area (Å²) in [5.41, 5.74) is 1.70. The van der Waals surface area contributed by atoms with E-state index >= 15 is 0 Å². The van der Waals surface area contributed by atoms with Crippen molar-refractivity contribution in [2.45, 2.75) is 33.4 Å². The molecule has 2 amide bonds. The first-order valence-electron chi connectivity index (χ1n) is 9.29. The molecule has 3 rings (SSSR count). The van der Waals surface area contributed by atoms with Crippen LogP contribution in [-0.4, -0.2) is 26.6 Å². The number of hydrogen-bond donors (Lipinski definition) is 3. The number of hydrogen-bond acceptors (Lipinski definition) is 5. The van der Waals surface area contributed by atoms with Gasteiger partial charge in [0.2, 0.25) is 11.8 Å². The van der Waals surface area contributed by atoms with E-state index in [4.69, 9.17) is 12.2 Å². The van der Waals surface area contributed by atoms with Gasteiger partial charge in [0.05, 0.1) is 4.88 Å². The van der Waals surface area contributed by atoms with Crippen molar-refractivity contribution in [3.63, 3.8) is 0 Å². The standard InChI is InChI=1S/C20H23N5O2S2/c1-13(2)19(27)22-15-7-5-14(6-8-15)12-21-17(26)9-10-25-18(23-24-20(25)28)16-4-3-11-29-16/h3-8,11,13H,9-10,12H2,1-2H3,(H,21,26)(H,22,27)(H,24,28). The maximum absolute atomic E-state index is 12.3. The van der Waals surface area contributed by atoms with E-state index in [1.54, 1.807) is 11.3 Å². The van der Waals surface area contributed by atoms with Gasteiger partial charge in [-0.1, -0.05) is 32.0 Å². The zero-order valence-corrected chi connectivity index (χ0v) is 17.9. The minimum atomic E-state index is -0.0713. The third-order valence-electron chi connectivity index (χ3n) is 4.30. The van der Waals surface area contributed by atoms with Crippen molar-refractivity contribution in [2.24, 2.45) is 5.92 Å². The Morgan fingerprint density at radius 2 is 2.00 bits per heavy atom. The molecule has 0 saturated heterocycles. The summed E-state index contributed by atoms with van der Waals surface area (Å²) in [5.74, 6) is 0.586. The molecule has 0 aliphatic carbocycles. The van der Waals surface area contributed by atoms with Gasteiger partial charge in [0, 0.05) is 31.1 Å². The predicted molar refractivity (Wildman–Crippen MR) is 117 cm³/mol. The minimum absolute atomic E-state index is 0.0224. The third-order valence-corrected chi connectivity index (χ3v) is 5.48. The normalized spacial score (nSPS) is 10.9. The topological polar surface area (TPSA) is 91.8 Å². The van der Waals surface area contributed by atoms with Gasteiger partial charge < -0.3 is 10.6 Å². The van der Waals surface area contributed by atoms with Crippen LogP contribution in [0.15, 0.2) is 41.8 Å². The van der Waals surface area contributed by atoms with Crippen molar-refractivity contribution >= 4 is 41.1 Å². The fourth-order valence-electron chi connectivity index (χ4n) is 2.61. The van der Waals surface area contributed by atoms with E-state index in [2.05, 4.69) is 20.8 Å². The highest BCUT2D eigenvalue weighted by molar-refractivity contribution is 7.71. The van der Waals surface area contributed by atoms with Gasteiger partial charge in [-0.3, -0.25) is 19.3 Å². The summed E-state index contributed by atoms with van der Waals surface area (Å²) in [6.07, 6.45) is 0.300. The maximum Gasteiger partial charge on any atom is 0.226 e. The Labute approximate surface area is 178 Å². The highest BCUT2D eigenvalue weighted by atomic mass is 32.1. The van der Waals surface area contributed by atoms with E-state index in [-0.39, 0.29) is 17.7 Å². The van der Waals surface area contributed by atoms with E-state index in [1.807, 2.05) is 60.2 Å². The van der Waals surface area contributed by atoms with Gasteiger partial charge in [-0.15, -0.1) is 11.3 Å². The van der Waals surface area contributed by atoms with Crippen molar-refractivity contribution < 1.29 is 9.59 Å². The van der Waals surface area contributed by atoms with Crippen LogP contribution in [0.25, 0.3) is 10.7 Å². The summed E-state index contributed by atoms with van der Waals surface area (Å²) in [5, 5.41) is 14.8. The molecule has 0 unspecified atom stereocenters. The molecule has 2 aromatic heterocycles. The Bertz CT molecular complexity index is 1020. The van der Waals surface area contributed by atoms with E-state index in [1.165, 1.54) is 0 Å². The van der Waals surface area contributed by atoms with Gasteiger partial charge in [0.15, 0.2) is 10.6 Å². The maximum atomic E-state index is 12.3. The number of nitrogens with zero attached hydrogens (tertiary/aromatic N) is 2. The van der Waals surface area contributed by atoms with Gasteiger partial charge in [-0.25, -0.2) is 0 Å². The first-order chi connectivity index (χ1) is 13.9. The number of thiophene rings is 1. The molecule has 3 N–H and O–H groups in total. The Hall–Kier alpha value is -2.78. The lowest BCUT2D eigenvalue weighted by molar-refractivity contribution is -0.121. The summed E-state index contributed by atoms with van der Waals surface area (Å²) < 4.78 is 2.34. The molecule has 7 nitrogen and oxygen atoms in total. The van der Waals surface area contributed by atoms with Crippen LogP contribution in [-0.2, 0) is 22.7 Å². The van der Waals surface area contributed by atoms with Crippen LogP contribution in [0.1, 0.15) is 25.8 Å². The van der Waals surface area contributed by atoms with Crippen molar-refractivity contribution in [3.8, 4) is 10.7 Å². The number of benzene rings is 1. The zero-order valence-electron chi connectivity index (χ0n) is 16.3. The molecule has 29 heavy (non-hydrogen) atoms. The van der Waals surface area contributed by atoms with E-state index in [0.29, 0.717) is 24.3 Å². The quantitative estimate of drug-likeness (QED) is 0.473. The summed E-state index contributed by atoms with van der Waals surface area (Å²) in [6, 6.07) is 11.4. The van der Waals surface area contributed by atoms with Crippen LogP contribution in [0.2, 0.25) is 0 Å². The summed E-state index contributed by atoms with van der Waals surface area (Å²) in [4.78, 5) is 25.0. The SMILES string of the molecule is CC(C)C(=O)Nc1ccc(CNC(=O)CCn2c(-c3cccs3)n[nH]c2=S)cc1. The molecule has 0 saturated carbocycles. The molecule has 0 radical (unpaired) electrons. The smallest absolute Gasteiger partial charge is 0.226 e. The molecule has 152 valence electrons. The number of aromatic nitrogens is 3. The van der Waals surface area contributed by atoms with Gasteiger partial charge >= 0.3 is 0 Å². The first kappa shape index (κ1) is 20.9. The Morgan fingerprint density at radius 3 is 2.66 bits per heavy atom. The molecule has 0 spiro atoms. The van der Waals surface area contributed by atoms with Crippen molar-refractivity contribution in [1.82, 2.24) is 20.1 Å². The largest absolute Gasteiger partial charge is 0.352 e. The molecular weight excluding hydrogens is 406 g/mol. The number of carbonyl (C=O) groups excluding carboxylic acids is 2. The molecule has 3 aromatic rings. The number of H-pyrrole nitrogens is 1. The molecular formula is C20H23N5O2S2. The fourth-order valence-corrected chi connectivity index (χ4v) is 3.56. The molecule has 0 fully saturated rings. The number of carbonyl (C=O) groups is 2. The monoisotopic (exact) mass is 429 g/mol. The average Bonchev–Trinajstić information content (AvgIpc) is 3.35. The van der Waals surface area contributed by atoms with Gasteiger partial charge in [0.25, 0.3) is 0 Å². The van der Waals surface area contributed by atoms with Crippen molar-refractivity contribution in [2.75, 3.05) is 5.32 Å². The number of nitrogens with one attached hydrogen (secondary N) is 3. The molecule has 9 heteroatoms. The van der Waals surface area contributed by atoms with E-state index in [0.717, 1.165) is 22.0 Å². The molecule has 2 heterocycles. The Balaban J connectivity index is 1.50. The van der Waals surface area contributed by atoms with Crippen LogP contribution in [0.3, 0.4) is 0 Å². The highest BCUT2D eigenvalue weighted by Crippen LogP contribution is 2.22. The summed E-state index contributed by atoms with van der Waals surface area (Å²) >= 11 is 6.86. The van der Waals surface area contributed by atoms with E-state index < -0.39 is 0 Å². The molecule has 1 aromatic carbocycles. The van der Waals surface area contributed by atoms with Crippen LogP contribution >= 0.6 is 23.6 Å². The lowest BCUT2D eigenvalue weighted by Gasteiger charge is -2.10. The first-order valence-corrected chi connectivity index (χ1v) is 10.6. The average molecular weight is 430 g/mol. The Kier molecular flexibility index (Phi) is 6.95. The second-order valence-electron chi connectivity index (χ2n) is 6.85. The van der Waals surface area contributed by atoms with Crippen LogP contribution < -0.4 is 10.6 Å². The van der Waals surface area contributed by atoms with Crippen molar-refractivity contribution in [3.05, 3.63) is 52.1 Å². The summed E-state index contributed by atoms with van der Waals surface area (Å²) in [6.45, 7) is 4.57. The molecule has 0 aliphatic rings. The van der Waals surface area contributed by atoms with E-state index in [9.17, 15) is 9.59 Å². The van der Waals surface area contributed by atoms with Gasteiger partial charge in [0.1, 0.15) is 0 Å². The minimum Gasteiger partial charge on any atom is -0.352 e. The Morgan fingerprint density at radius 1 is 1.24 bits per heavy atom. The molecule has 0 bridgehead atoms. The predicted octanol–water partition coefficient (Wildman–Crippen LogP) is 3.97. The lowest BCUT2D eigenvalue weighted by Crippen LogP contribution is -2.24. The van der Waals surface area contributed by atoms with Crippen LogP contribution in [0, 0.1) is 10.7 Å². The number of aromatic amines is 1. The highest BCUT2D eigenvalue weighted by Gasteiger charge is 2.11. The number of anilines is 1. The summed E-state index contributed by atoms with van der Waals surface area (Å²) in [7, 11) is 0. The second kappa shape index (κ2) is 9.62. The third kappa shape index (κ3) is 5.61. The number of rotatable bonds is 8. The molecule has 0 aliphatic heterocycles. The number of amides is 2. The second-order valence-corrected chi connectivity index (χ2v) is 8.18. The van der Waals surface area contributed by atoms with Crippen LogP contribution in [0.5, 0.6) is 0 Å². The zero-order chi connectivity index (χ0) is 20.8. The fraction of sp³-hybridized carbons (Fsp3) is 0.300.